The molecule has 5 nitrogen and oxygen atoms in total. The zero-order valence-corrected chi connectivity index (χ0v) is 58.4. The first kappa shape index (κ1) is 63.7. The molecule has 11 rings (SSSR count). The topological polar surface area (TPSA) is 35.9 Å². The van der Waals surface area contributed by atoms with E-state index in [4.69, 9.17) is 9.72 Å². The van der Waals surface area contributed by atoms with Gasteiger partial charge in [0, 0.05) is 44.3 Å². The summed E-state index contributed by atoms with van der Waals surface area (Å²) >= 11 is 0. The largest absolute Gasteiger partial charge is 0.510 e. The van der Waals surface area contributed by atoms with Crippen LogP contribution in [0.4, 0.5) is 0 Å². The molecule has 0 aliphatic rings. The van der Waals surface area contributed by atoms with Gasteiger partial charge in [-0.25, -0.2) is 4.98 Å². The Morgan fingerprint density at radius 1 is 0.386 bits per heavy atom. The monoisotopic (exact) mass is 1340 g/mol. The van der Waals surface area contributed by atoms with E-state index < -0.39 is 0 Å². The summed E-state index contributed by atoms with van der Waals surface area (Å²) in [6.07, 6.45) is 6.00. The second-order valence-corrected chi connectivity index (χ2v) is 31.7. The molecule has 0 N–H and O–H groups in total. The molecule has 0 bridgehead atoms. The fourth-order valence-corrected chi connectivity index (χ4v) is 11.8. The Kier molecular flexibility index (Phi) is 16.4. The maximum atomic E-state index is 6.94. The molecule has 6 heteroatoms. The van der Waals surface area contributed by atoms with Gasteiger partial charge in [0.05, 0.1) is 16.7 Å². The third kappa shape index (κ3) is 12.7. The molecule has 0 saturated heterocycles. The van der Waals surface area contributed by atoms with Crippen molar-refractivity contribution in [3.05, 3.63) is 221 Å². The summed E-state index contributed by atoms with van der Waals surface area (Å²) < 4.78 is 13.7. The molecule has 0 radical (unpaired) electrons. The summed E-state index contributed by atoms with van der Waals surface area (Å²) in [5.74, 6) is 1.99. The molecule has 0 unspecified atom stereocenters. The number of hydrogen-bond donors (Lipinski definition) is 0. The predicted molar refractivity (Wildman–Crippen MR) is 367 cm³/mol. The minimum atomic E-state index is -0.176. The molecule has 8 aromatic carbocycles. The van der Waals surface area contributed by atoms with Gasteiger partial charge in [0.25, 0.3) is 6.33 Å². The van der Waals surface area contributed by atoms with Crippen LogP contribution in [0.5, 0.6) is 11.5 Å². The zero-order valence-electron chi connectivity index (χ0n) is 56.1. The van der Waals surface area contributed by atoms with Crippen LogP contribution >= 0.6 is 0 Å². The molecule has 0 aliphatic carbocycles. The summed E-state index contributed by atoms with van der Waals surface area (Å²) in [6, 6.07) is 66.3. The van der Waals surface area contributed by atoms with Crippen molar-refractivity contribution in [2.45, 2.75) is 183 Å². The van der Waals surface area contributed by atoms with Crippen LogP contribution in [0.25, 0.3) is 83.4 Å². The third-order valence-electron chi connectivity index (χ3n) is 17.5. The molecule has 0 fully saturated rings. The zero-order chi connectivity index (χ0) is 62.7. The number of imidazole rings is 1. The van der Waals surface area contributed by atoms with Crippen molar-refractivity contribution < 1.29 is 30.4 Å². The van der Waals surface area contributed by atoms with E-state index in [9.17, 15) is 0 Å². The average molecular weight is 1340 g/mol. The molecular formula is C82H90N4OPt-2. The summed E-state index contributed by atoms with van der Waals surface area (Å²) in [6.45, 7) is 48.5. The van der Waals surface area contributed by atoms with Crippen LogP contribution in [0.1, 0.15) is 184 Å². The average Bonchev–Trinajstić information content (AvgIpc) is 1.80. The SMILES string of the molecule is CC(C)(C)c1cccc(-c2cc(C(C)(C)C)cc(-c3cc(C(C)(C)C)cc(C(C)(C)C)c3)c2-[n+]2[c-]n(-c3[c-]c(Oc4[c-]c5c(cc4)c4ccccc4n5-c4cc(C(C)(C)C)ccn4)ccc3)c3cc(-c4cc(C(C)(C)C)cc(C(C)(C)C)c4)ccc32)c1.[Pt]. The van der Waals surface area contributed by atoms with Gasteiger partial charge in [-0.15, -0.1) is 29.7 Å². The van der Waals surface area contributed by atoms with E-state index in [0.29, 0.717) is 11.5 Å². The summed E-state index contributed by atoms with van der Waals surface area (Å²) in [4.78, 5) is 4.95. The Hall–Kier alpha value is -7.33. The number of aromatic nitrogens is 4. The van der Waals surface area contributed by atoms with Gasteiger partial charge < -0.3 is 13.9 Å². The van der Waals surface area contributed by atoms with Gasteiger partial charge in [-0.2, -0.15) is 18.2 Å². The maximum absolute atomic E-state index is 6.94. The summed E-state index contributed by atoms with van der Waals surface area (Å²) in [7, 11) is 0. The van der Waals surface area contributed by atoms with Gasteiger partial charge >= 0.3 is 0 Å². The number of hydrogen-bond acceptors (Lipinski definition) is 2. The molecule has 456 valence electrons. The number of para-hydroxylation sites is 1. The van der Waals surface area contributed by atoms with Crippen LogP contribution < -0.4 is 9.30 Å². The van der Waals surface area contributed by atoms with Crippen molar-refractivity contribution in [2.75, 3.05) is 0 Å². The quantitative estimate of drug-likeness (QED) is 0.112. The van der Waals surface area contributed by atoms with Crippen LogP contribution in [0.2, 0.25) is 0 Å². The van der Waals surface area contributed by atoms with E-state index >= 15 is 0 Å². The molecule has 0 spiro atoms. The smallest absolute Gasteiger partial charge is 0.268 e. The minimum absolute atomic E-state index is 0. The van der Waals surface area contributed by atoms with Crippen LogP contribution in [0.3, 0.4) is 0 Å². The first-order valence-electron chi connectivity index (χ1n) is 31.3. The molecular weight excluding hydrogens is 1250 g/mol. The molecule has 3 aromatic heterocycles. The molecule has 11 aromatic rings. The third-order valence-corrected chi connectivity index (χ3v) is 17.5. The fraction of sp³-hybridized carbons (Fsp3) is 0.341. The van der Waals surface area contributed by atoms with E-state index in [1.165, 1.54) is 50.1 Å². The molecule has 88 heavy (non-hydrogen) atoms. The standard InChI is InChI=1S/C82H90N4O.Pt/c1-76(2,3)56-27-24-26-53(38-56)68-46-62(82(19,20)21)47-69(55-41-60(80(13,14)15)45-61(42-55)81(16,17)18)75(68)85-51-84(73-43-52(32-35-71(73)85)54-39-58(78(7,8)9)44-59(40-54)79(10,11)12)63-28-25-29-64(49-63)87-65-33-34-67-66-30-22-23-31-70(66)86(72(67)50-65)74-48-57(36-37-83-74)77(4,5)6;/h22-48H,1-21H3;/q-2;. The Bertz CT molecular complexity index is 4390. The number of nitrogens with zero attached hydrogens (tertiary/aromatic N) is 4. The van der Waals surface area contributed by atoms with Crippen molar-refractivity contribution in [3.63, 3.8) is 0 Å². The Balaban J connectivity index is 0.00000855. The van der Waals surface area contributed by atoms with E-state index in [-0.39, 0.29) is 59.0 Å². The van der Waals surface area contributed by atoms with Gasteiger partial charge in [0.1, 0.15) is 5.82 Å². The second-order valence-electron chi connectivity index (χ2n) is 31.7. The Morgan fingerprint density at radius 3 is 1.49 bits per heavy atom. The Labute approximate surface area is 540 Å². The number of rotatable bonds is 8. The molecule has 0 amide bonds. The molecule has 0 saturated carbocycles. The Morgan fingerprint density at radius 2 is 0.898 bits per heavy atom. The van der Waals surface area contributed by atoms with Crippen molar-refractivity contribution in [1.29, 1.82) is 0 Å². The van der Waals surface area contributed by atoms with Crippen LogP contribution in [-0.2, 0) is 59.0 Å². The van der Waals surface area contributed by atoms with Crippen LogP contribution in [0, 0.1) is 18.5 Å². The predicted octanol–water partition coefficient (Wildman–Crippen LogP) is 21.7. The van der Waals surface area contributed by atoms with E-state index in [1.807, 2.05) is 18.3 Å². The van der Waals surface area contributed by atoms with Crippen LogP contribution in [0.15, 0.2) is 164 Å². The van der Waals surface area contributed by atoms with Gasteiger partial charge in [-0.05, 0) is 146 Å². The molecule has 0 aliphatic heterocycles. The van der Waals surface area contributed by atoms with E-state index in [1.54, 1.807) is 0 Å². The first-order valence-corrected chi connectivity index (χ1v) is 31.3. The van der Waals surface area contributed by atoms with Crippen molar-refractivity contribution >= 4 is 32.8 Å². The number of fused-ring (bicyclic) bond motifs is 4. The van der Waals surface area contributed by atoms with E-state index in [0.717, 1.165) is 72.3 Å². The van der Waals surface area contributed by atoms with Crippen LogP contribution in [-0.4, -0.2) is 14.1 Å². The van der Waals surface area contributed by atoms with Crippen molar-refractivity contribution in [1.82, 2.24) is 14.1 Å². The first-order chi connectivity index (χ1) is 40.5. The number of ether oxygens (including phenoxy) is 1. The van der Waals surface area contributed by atoms with Gasteiger partial charge in [0.2, 0.25) is 0 Å². The number of pyridine rings is 1. The maximum Gasteiger partial charge on any atom is 0.268 e. The van der Waals surface area contributed by atoms with Crippen molar-refractivity contribution in [3.8, 4) is 62.1 Å². The second kappa shape index (κ2) is 22.6. The van der Waals surface area contributed by atoms with Crippen molar-refractivity contribution in [2.24, 2.45) is 0 Å². The normalized spacial score (nSPS) is 13.0. The van der Waals surface area contributed by atoms with Gasteiger partial charge in [0.15, 0.2) is 0 Å². The molecule has 0 atom stereocenters. The fourth-order valence-electron chi connectivity index (χ4n) is 11.8. The minimum Gasteiger partial charge on any atom is -0.510 e. The molecule has 3 heterocycles. The van der Waals surface area contributed by atoms with Gasteiger partial charge in [-0.1, -0.05) is 254 Å². The number of benzene rings is 8. The van der Waals surface area contributed by atoms with Gasteiger partial charge in [-0.3, -0.25) is 4.57 Å². The summed E-state index contributed by atoms with van der Waals surface area (Å²) in [5.41, 5.74) is 21.1. The van der Waals surface area contributed by atoms with E-state index in [2.05, 4.69) is 323 Å². The summed E-state index contributed by atoms with van der Waals surface area (Å²) in [5, 5.41) is 2.21.